The van der Waals surface area contributed by atoms with E-state index < -0.39 is 0 Å². The lowest BCUT2D eigenvalue weighted by molar-refractivity contribution is 0.0954. The van der Waals surface area contributed by atoms with Gasteiger partial charge in [-0.3, -0.25) is 4.79 Å². The fourth-order valence-corrected chi connectivity index (χ4v) is 3.23. The lowest BCUT2D eigenvalue weighted by Gasteiger charge is -2.05. The number of nitrogens with one attached hydrogen (secondary N) is 2. The Bertz CT molecular complexity index is 802. The van der Waals surface area contributed by atoms with E-state index in [0.717, 1.165) is 35.8 Å². The smallest absolute Gasteiger partial charge is 0.255 e. The van der Waals surface area contributed by atoms with Crippen molar-refractivity contribution in [1.29, 1.82) is 0 Å². The van der Waals surface area contributed by atoms with Crippen molar-refractivity contribution in [2.45, 2.75) is 13.3 Å². The molecule has 2 N–H and O–H groups in total. The highest BCUT2D eigenvalue weighted by molar-refractivity contribution is 7.13. The van der Waals surface area contributed by atoms with Crippen LogP contribution in [0.15, 0.2) is 54.0 Å². The molecular formula is C19H23ClN4OS. The number of carbonyl (C=O) groups is 1. The van der Waals surface area contributed by atoms with Gasteiger partial charge in [-0.1, -0.05) is 31.2 Å². The number of amides is 1. The van der Waals surface area contributed by atoms with Crippen molar-refractivity contribution < 1.29 is 4.79 Å². The molecule has 3 aromatic rings. The molecule has 0 aliphatic carbocycles. The van der Waals surface area contributed by atoms with Gasteiger partial charge in [-0.25, -0.2) is 4.68 Å². The van der Waals surface area contributed by atoms with Crippen LogP contribution >= 0.6 is 23.7 Å². The van der Waals surface area contributed by atoms with Crippen LogP contribution in [0.3, 0.4) is 0 Å². The van der Waals surface area contributed by atoms with E-state index in [1.807, 2.05) is 47.8 Å². The minimum Gasteiger partial charge on any atom is -0.351 e. The standard InChI is InChI=1S/C19H22N4OS.ClH/c1-2-10-20-11-12-21-19(24)16-14-23(15-7-4-3-5-8-15)22-18(16)17-9-6-13-25-17;/h3-9,13-14,20H,2,10-12H2,1H3,(H,21,24);1H. The largest absolute Gasteiger partial charge is 0.351 e. The van der Waals surface area contributed by atoms with Gasteiger partial charge in [0.05, 0.1) is 16.1 Å². The van der Waals surface area contributed by atoms with E-state index in [0.29, 0.717) is 12.1 Å². The molecule has 2 heterocycles. The number of hydrogen-bond donors (Lipinski definition) is 2. The first-order valence-electron chi connectivity index (χ1n) is 8.47. The lowest BCUT2D eigenvalue weighted by Crippen LogP contribution is -2.32. The minimum absolute atomic E-state index is 0. The van der Waals surface area contributed by atoms with E-state index in [4.69, 9.17) is 0 Å². The molecule has 138 valence electrons. The number of hydrogen-bond acceptors (Lipinski definition) is 4. The third kappa shape index (κ3) is 4.94. The first kappa shape index (κ1) is 20.2. The van der Waals surface area contributed by atoms with Gasteiger partial charge in [0.1, 0.15) is 5.69 Å². The first-order valence-corrected chi connectivity index (χ1v) is 9.35. The number of rotatable bonds is 8. The monoisotopic (exact) mass is 390 g/mol. The number of aromatic nitrogens is 2. The van der Waals surface area contributed by atoms with E-state index in [9.17, 15) is 4.79 Å². The molecule has 2 aromatic heterocycles. The molecule has 0 unspecified atom stereocenters. The van der Waals surface area contributed by atoms with Crippen molar-refractivity contribution in [3.8, 4) is 16.3 Å². The Morgan fingerprint density at radius 2 is 1.92 bits per heavy atom. The van der Waals surface area contributed by atoms with Crippen molar-refractivity contribution in [2.24, 2.45) is 0 Å². The Balaban J connectivity index is 0.00000243. The summed E-state index contributed by atoms with van der Waals surface area (Å²) in [6, 6.07) is 13.8. The highest BCUT2D eigenvalue weighted by atomic mass is 35.5. The summed E-state index contributed by atoms with van der Waals surface area (Å²) in [5, 5.41) is 12.9. The topological polar surface area (TPSA) is 58.9 Å². The summed E-state index contributed by atoms with van der Waals surface area (Å²) in [7, 11) is 0. The van der Waals surface area contributed by atoms with E-state index in [1.54, 1.807) is 22.2 Å². The molecular weight excluding hydrogens is 368 g/mol. The molecule has 5 nitrogen and oxygen atoms in total. The maximum Gasteiger partial charge on any atom is 0.255 e. The van der Waals surface area contributed by atoms with Gasteiger partial charge < -0.3 is 10.6 Å². The highest BCUT2D eigenvalue weighted by Gasteiger charge is 2.18. The van der Waals surface area contributed by atoms with Crippen LogP contribution in [-0.2, 0) is 0 Å². The van der Waals surface area contributed by atoms with Crippen LogP contribution in [0.4, 0.5) is 0 Å². The fraction of sp³-hybridized carbons (Fsp3) is 0.263. The Labute approximate surface area is 163 Å². The van der Waals surface area contributed by atoms with Crippen LogP contribution in [0, 0.1) is 0 Å². The SMILES string of the molecule is CCCNCCNC(=O)c1cn(-c2ccccc2)nc1-c1cccs1.Cl. The average molecular weight is 391 g/mol. The normalized spacial score (nSPS) is 10.3. The third-order valence-corrected chi connectivity index (χ3v) is 4.62. The molecule has 0 spiro atoms. The number of thiophene rings is 1. The van der Waals surface area contributed by atoms with E-state index in [1.165, 1.54) is 0 Å². The van der Waals surface area contributed by atoms with Gasteiger partial charge in [0.25, 0.3) is 5.91 Å². The van der Waals surface area contributed by atoms with E-state index in [-0.39, 0.29) is 18.3 Å². The Morgan fingerprint density at radius 1 is 1.12 bits per heavy atom. The van der Waals surface area contributed by atoms with E-state index >= 15 is 0 Å². The quantitative estimate of drug-likeness (QED) is 0.576. The predicted octanol–water partition coefficient (Wildman–Crippen LogP) is 3.75. The Morgan fingerprint density at radius 3 is 2.62 bits per heavy atom. The molecule has 0 aliphatic heterocycles. The second kappa shape index (κ2) is 10.1. The second-order valence-corrected chi connectivity index (χ2v) is 6.60. The molecule has 0 saturated carbocycles. The zero-order valence-electron chi connectivity index (χ0n) is 14.6. The Kier molecular flexibility index (Phi) is 7.84. The van der Waals surface area contributed by atoms with Crippen molar-refractivity contribution >= 4 is 29.7 Å². The molecule has 3 rings (SSSR count). The molecule has 1 amide bonds. The second-order valence-electron chi connectivity index (χ2n) is 5.65. The minimum atomic E-state index is -0.0936. The first-order chi connectivity index (χ1) is 12.3. The summed E-state index contributed by atoms with van der Waals surface area (Å²) in [5.41, 5.74) is 2.25. The van der Waals surface area contributed by atoms with Crippen LogP contribution < -0.4 is 10.6 Å². The van der Waals surface area contributed by atoms with Gasteiger partial charge in [-0.2, -0.15) is 5.10 Å². The molecule has 0 saturated heterocycles. The van der Waals surface area contributed by atoms with Crippen molar-refractivity contribution in [3.05, 3.63) is 59.6 Å². The van der Waals surface area contributed by atoms with Gasteiger partial charge in [-0.05, 0) is 36.5 Å². The van der Waals surface area contributed by atoms with Gasteiger partial charge in [0.2, 0.25) is 0 Å². The molecule has 0 fully saturated rings. The number of benzene rings is 1. The maximum atomic E-state index is 12.7. The fourth-order valence-electron chi connectivity index (χ4n) is 2.51. The van der Waals surface area contributed by atoms with Crippen molar-refractivity contribution in [3.63, 3.8) is 0 Å². The molecule has 0 radical (unpaired) electrons. The molecule has 0 atom stereocenters. The van der Waals surface area contributed by atoms with Crippen LogP contribution in [0.2, 0.25) is 0 Å². The molecule has 0 bridgehead atoms. The predicted molar refractivity (Wildman–Crippen MR) is 110 cm³/mol. The summed E-state index contributed by atoms with van der Waals surface area (Å²) in [6.07, 6.45) is 2.89. The number of nitrogens with zero attached hydrogens (tertiary/aromatic N) is 2. The maximum absolute atomic E-state index is 12.7. The van der Waals surface area contributed by atoms with Gasteiger partial charge in [0, 0.05) is 19.3 Å². The van der Waals surface area contributed by atoms with Crippen molar-refractivity contribution in [1.82, 2.24) is 20.4 Å². The summed E-state index contributed by atoms with van der Waals surface area (Å²) < 4.78 is 1.76. The third-order valence-electron chi connectivity index (χ3n) is 3.75. The van der Waals surface area contributed by atoms with Crippen LogP contribution in [0.25, 0.3) is 16.3 Å². The van der Waals surface area contributed by atoms with Gasteiger partial charge in [0.15, 0.2) is 0 Å². The van der Waals surface area contributed by atoms with Crippen LogP contribution in [-0.4, -0.2) is 35.3 Å². The van der Waals surface area contributed by atoms with Crippen molar-refractivity contribution in [2.75, 3.05) is 19.6 Å². The molecule has 7 heteroatoms. The zero-order chi connectivity index (χ0) is 17.5. The zero-order valence-corrected chi connectivity index (χ0v) is 16.3. The summed E-state index contributed by atoms with van der Waals surface area (Å²) in [5.74, 6) is -0.0936. The summed E-state index contributed by atoms with van der Waals surface area (Å²) >= 11 is 1.58. The molecule has 26 heavy (non-hydrogen) atoms. The molecule has 1 aromatic carbocycles. The van der Waals surface area contributed by atoms with Gasteiger partial charge in [-0.15, -0.1) is 23.7 Å². The number of carbonyl (C=O) groups excluding carboxylic acids is 1. The Hall–Kier alpha value is -2.15. The number of para-hydroxylation sites is 1. The van der Waals surface area contributed by atoms with Crippen LogP contribution in [0.5, 0.6) is 0 Å². The number of halogens is 1. The summed E-state index contributed by atoms with van der Waals surface area (Å²) in [4.78, 5) is 13.6. The average Bonchev–Trinajstić information content (AvgIpc) is 3.31. The molecule has 0 aliphatic rings. The highest BCUT2D eigenvalue weighted by Crippen LogP contribution is 2.27. The lowest BCUT2D eigenvalue weighted by atomic mass is 10.2. The van der Waals surface area contributed by atoms with Crippen LogP contribution in [0.1, 0.15) is 23.7 Å². The summed E-state index contributed by atoms with van der Waals surface area (Å²) in [6.45, 7) is 4.44. The van der Waals surface area contributed by atoms with Gasteiger partial charge >= 0.3 is 0 Å². The van der Waals surface area contributed by atoms with E-state index in [2.05, 4.69) is 22.7 Å².